The molecule has 1 aromatic rings. The summed E-state index contributed by atoms with van der Waals surface area (Å²) in [7, 11) is 1.63. The van der Waals surface area contributed by atoms with Gasteiger partial charge in [0, 0.05) is 18.8 Å². The average molecular weight is 301 g/mol. The number of benzene rings is 1. The van der Waals surface area contributed by atoms with Crippen LogP contribution < -0.4 is 15.4 Å². The van der Waals surface area contributed by atoms with Gasteiger partial charge in [0.15, 0.2) is 0 Å². The quantitative estimate of drug-likeness (QED) is 0.438. The first-order chi connectivity index (χ1) is 10.6. The third-order valence-electron chi connectivity index (χ3n) is 3.32. The maximum atomic E-state index is 11.8. The summed E-state index contributed by atoms with van der Waals surface area (Å²) in [6.45, 7) is 4.53. The molecule has 0 heterocycles. The molecule has 0 aromatic heterocycles. The Kier molecular flexibility index (Phi) is 7.55. The predicted octanol–water partition coefficient (Wildman–Crippen LogP) is 2.15. The van der Waals surface area contributed by atoms with E-state index < -0.39 is 0 Å². The number of methoxy groups -OCH3 is 1. The van der Waals surface area contributed by atoms with E-state index in [1.807, 2.05) is 44.2 Å². The van der Waals surface area contributed by atoms with Crippen LogP contribution in [0.1, 0.15) is 25.8 Å². The fourth-order valence-electron chi connectivity index (χ4n) is 1.74. The predicted molar refractivity (Wildman–Crippen MR) is 86.3 cm³/mol. The Labute approximate surface area is 132 Å². The molecule has 5 heteroatoms. The van der Waals surface area contributed by atoms with E-state index in [4.69, 9.17) is 10.00 Å². The van der Waals surface area contributed by atoms with Gasteiger partial charge in [-0.2, -0.15) is 5.26 Å². The van der Waals surface area contributed by atoms with Crippen LogP contribution in [0, 0.1) is 11.3 Å². The molecule has 1 amide bonds. The molecule has 1 rings (SSSR count). The average Bonchev–Trinajstić information content (AvgIpc) is 2.55. The molecule has 2 N–H and O–H groups in total. The summed E-state index contributed by atoms with van der Waals surface area (Å²) in [4.78, 5) is 11.8. The number of nitrogens with zero attached hydrogens (tertiary/aromatic N) is 1. The Morgan fingerprint density at radius 1 is 1.41 bits per heavy atom. The normalized spacial score (nSPS) is 12.2. The molecule has 118 valence electrons. The second kappa shape index (κ2) is 9.46. The zero-order valence-electron chi connectivity index (χ0n) is 13.3. The molecular formula is C17H23N3O2. The van der Waals surface area contributed by atoms with E-state index in [0.29, 0.717) is 6.54 Å². The topological polar surface area (TPSA) is 74.2 Å². The van der Waals surface area contributed by atoms with Gasteiger partial charge in [0.2, 0.25) is 0 Å². The summed E-state index contributed by atoms with van der Waals surface area (Å²) in [6, 6.07) is 9.77. The second-order valence-corrected chi connectivity index (χ2v) is 5.00. The molecule has 1 atom stereocenters. The maximum absolute atomic E-state index is 11.8. The van der Waals surface area contributed by atoms with Gasteiger partial charge in [-0.25, -0.2) is 0 Å². The molecule has 1 unspecified atom stereocenters. The molecular weight excluding hydrogens is 278 g/mol. The van der Waals surface area contributed by atoms with Crippen LogP contribution >= 0.6 is 0 Å². The minimum Gasteiger partial charge on any atom is -0.497 e. The number of ether oxygens (including phenoxy) is 1. The van der Waals surface area contributed by atoms with E-state index in [0.717, 1.165) is 24.2 Å². The van der Waals surface area contributed by atoms with Crippen LogP contribution in [-0.4, -0.2) is 25.6 Å². The molecule has 0 aliphatic carbocycles. The Balaban J connectivity index is 2.45. The fraction of sp³-hybridized carbons (Fsp3) is 0.412. The summed E-state index contributed by atoms with van der Waals surface area (Å²) in [5.74, 6) is 0.485. The van der Waals surface area contributed by atoms with Crippen LogP contribution in [0.4, 0.5) is 0 Å². The molecule has 22 heavy (non-hydrogen) atoms. The zero-order chi connectivity index (χ0) is 16.4. The molecule has 0 saturated carbocycles. The summed E-state index contributed by atoms with van der Waals surface area (Å²) in [5.41, 5.74) is 1.25. The van der Waals surface area contributed by atoms with E-state index in [1.54, 1.807) is 7.11 Å². The molecule has 0 fully saturated rings. The summed E-state index contributed by atoms with van der Waals surface area (Å²) in [6.07, 6.45) is 3.10. The van der Waals surface area contributed by atoms with Gasteiger partial charge < -0.3 is 15.4 Å². The van der Waals surface area contributed by atoms with E-state index in [-0.39, 0.29) is 17.5 Å². The van der Waals surface area contributed by atoms with Gasteiger partial charge >= 0.3 is 0 Å². The Morgan fingerprint density at radius 2 is 2.09 bits per heavy atom. The third-order valence-corrected chi connectivity index (χ3v) is 3.32. The van der Waals surface area contributed by atoms with Crippen molar-refractivity contribution in [3.05, 3.63) is 41.6 Å². The van der Waals surface area contributed by atoms with Crippen molar-refractivity contribution in [3.8, 4) is 11.8 Å². The lowest BCUT2D eigenvalue weighted by Crippen LogP contribution is -2.33. The number of nitrogens with one attached hydrogen (secondary N) is 2. The molecule has 5 nitrogen and oxygen atoms in total. The lowest BCUT2D eigenvalue weighted by atomic mass is 10.1. The number of carbonyl (C=O) groups is 1. The minimum absolute atomic E-state index is 0.0588. The molecule has 0 saturated heterocycles. The Morgan fingerprint density at radius 3 is 2.64 bits per heavy atom. The summed E-state index contributed by atoms with van der Waals surface area (Å²) < 4.78 is 5.10. The molecule has 0 aliphatic heterocycles. The number of hydrogen-bond acceptors (Lipinski definition) is 4. The third kappa shape index (κ3) is 5.88. The lowest BCUT2D eigenvalue weighted by molar-refractivity contribution is -0.117. The van der Waals surface area contributed by atoms with Crippen molar-refractivity contribution < 1.29 is 9.53 Å². The SMILES string of the molecule is CCC(C)NC(=O)/C(C#N)=C\NCCc1ccc(OC)cc1. The first kappa shape index (κ1) is 17.6. The highest BCUT2D eigenvalue weighted by Gasteiger charge is 2.10. The molecule has 0 radical (unpaired) electrons. The number of nitriles is 1. The standard InChI is InChI=1S/C17H23N3O2/c1-4-13(2)20-17(21)15(11-18)12-19-10-9-14-5-7-16(22-3)8-6-14/h5-8,12-13,19H,4,9-10H2,1-3H3,(H,20,21)/b15-12-. The van der Waals surface area contributed by atoms with Crippen LogP contribution in [0.5, 0.6) is 5.75 Å². The number of carbonyl (C=O) groups excluding carboxylic acids is 1. The van der Waals surface area contributed by atoms with Crippen LogP contribution in [0.2, 0.25) is 0 Å². The van der Waals surface area contributed by atoms with E-state index in [9.17, 15) is 4.79 Å². The molecule has 0 aliphatic rings. The van der Waals surface area contributed by atoms with Crippen molar-refractivity contribution in [2.45, 2.75) is 32.7 Å². The van der Waals surface area contributed by atoms with Crippen LogP contribution in [0.3, 0.4) is 0 Å². The Bertz CT molecular complexity index is 544. The van der Waals surface area contributed by atoms with Crippen LogP contribution in [0.25, 0.3) is 0 Å². The zero-order valence-corrected chi connectivity index (χ0v) is 13.3. The van der Waals surface area contributed by atoms with Gasteiger partial charge in [-0.3, -0.25) is 4.79 Å². The summed E-state index contributed by atoms with van der Waals surface area (Å²) in [5, 5.41) is 14.8. The first-order valence-electron chi connectivity index (χ1n) is 7.38. The van der Waals surface area contributed by atoms with Gasteiger partial charge in [0.05, 0.1) is 7.11 Å². The highest BCUT2D eigenvalue weighted by molar-refractivity contribution is 5.97. The molecule has 1 aromatic carbocycles. The van der Waals surface area contributed by atoms with Crippen molar-refractivity contribution >= 4 is 5.91 Å². The van der Waals surface area contributed by atoms with Crippen molar-refractivity contribution in [2.75, 3.05) is 13.7 Å². The van der Waals surface area contributed by atoms with Gasteiger partial charge in [0.1, 0.15) is 17.4 Å². The van der Waals surface area contributed by atoms with Gasteiger partial charge in [-0.15, -0.1) is 0 Å². The second-order valence-electron chi connectivity index (χ2n) is 5.00. The van der Waals surface area contributed by atoms with E-state index >= 15 is 0 Å². The van der Waals surface area contributed by atoms with E-state index in [1.165, 1.54) is 6.20 Å². The minimum atomic E-state index is -0.339. The monoisotopic (exact) mass is 301 g/mol. The number of rotatable bonds is 8. The molecule has 0 spiro atoms. The Hall–Kier alpha value is -2.48. The van der Waals surface area contributed by atoms with Crippen LogP contribution in [-0.2, 0) is 11.2 Å². The summed E-state index contributed by atoms with van der Waals surface area (Å²) >= 11 is 0. The van der Waals surface area contributed by atoms with Gasteiger partial charge in [-0.1, -0.05) is 19.1 Å². The van der Waals surface area contributed by atoms with E-state index in [2.05, 4.69) is 10.6 Å². The highest BCUT2D eigenvalue weighted by Crippen LogP contribution is 2.11. The van der Waals surface area contributed by atoms with Crippen molar-refractivity contribution in [3.63, 3.8) is 0 Å². The van der Waals surface area contributed by atoms with Crippen molar-refractivity contribution in [2.24, 2.45) is 0 Å². The van der Waals surface area contributed by atoms with Crippen molar-refractivity contribution in [1.29, 1.82) is 5.26 Å². The smallest absolute Gasteiger partial charge is 0.263 e. The lowest BCUT2D eigenvalue weighted by Gasteiger charge is -2.10. The fourth-order valence-corrected chi connectivity index (χ4v) is 1.74. The van der Waals surface area contributed by atoms with Crippen LogP contribution in [0.15, 0.2) is 36.0 Å². The van der Waals surface area contributed by atoms with Gasteiger partial charge in [0.25, 0.3) is 5.91 Å². The number of amides is 1. The van der Waals surface area contributed by atoms with Crippen molar-refractivity contribution in [1.82, 2.24) is 10.6 Å². The first-order valence-corrected chi connectivity index (χ1v) is 7.38. The largest absolute Gasteiger partial charge is 0.497 e. The highest BCUT2D eigenvalue weighted by atomic mass is 16.5. The van der Waals surface area contributed by atoms with Gasteiger partial charge in [-0.05, 0) is 37.5 Å². The maximum Gasteiger partial charge on any atom is 0.263 e. The molecule has 0 bridgehead atoms. The number of hydrogen-bond donors (Lipinski definition) is 2.